The molecule has 0 aromatic rings. The lowest BCUT2D eigenvalue weighted by Crippen LogP contribution is -2.05. The van der Waals surface area contributed by atoms with Gasteiger partial charge in [0.15, 0.2) is 0 Å². The summed E-state index contributed by atoms with van der Waals surface area (Å²) in [5.74, 6) is -1.09. The fraction of sp³-hybridized carbons (Fsp3) is 0.700. The molecule has 0 aromatic heterocycles. The van der Waals surface area contributed by atoms with E-state index in [1.165, 1.54) is 0 Å². The van der Waals surface area contributed by atoms with Gasteiger partial charge < -0.3 is 9.84 Å². The summed E-state index contributed by atoms with van der Waals surface area (Å²) in [5, 5.41) is 8.82. The number of ether oxygens (including phenoxy) is 1. The summed E-state index contributed by atoms with van der Waals surface area (Å²) in [6.07, 6.45) is 3.65. The molecule has 1 N–H and O–H groups in total. The normalized spacial score (nSPS) is 30.7. The van der Waals surface area contributed by atoms with E-state index in [1.54, 1.807) is 0 Å². The Labute approximate surface area is 78.4 Å². The van der Waals surface area contributed by atoms with Gasteiger partial charge in [-0.05, 0) is 6.92 Å². The lowest BCUT2D eigenvalue weighted by atomic mass is 10.1. The van der Waals surface area contributed by atoms with Crippen LogP contribution in [0.2, 0.25) is 0 Å². The number of allylic oxidation sites excluding steroid dienone is 1. The highest BCUT2D eigenvalue weighted by Gasteiger charge is 2.63. The molecule has 3 heteroatoms. The second kappa shape index (κ2) is 3.50. The minimum absolute atomic E-state index is 0.124. The molecular formula is C10H16O3. The molecule has 0 aliphatic heterocycles. The van der Waals surface area contributed by atoms with Crippen molar-refractivity contribution in [1.29, 1.82) is 0 Å². The molecule has 1 rings (SSSR count). The predicted molar refractivity (Wildman–Crippen MR) is 49.5 cm³/mol. The second-order valence-corrected chi connectivity index (χ2v) is 3.96. The van der Waals surface area contributed by atoms with Crippen LogP contribution in [0.5, 0.6) is 0 Å². The number of carboxylic acids is 1. The smallest absolute Gasteiger partial charge is 0.309 e. The quantitative estimate of drug-likeness (QED) is 0.676. The van der Waals surface area contributed by atoms with Gasteiger partial charge in [0.1, 0.15) is 0 Å². The van der Waals surface area contributed by atoms with Crippen LogP contribution in [-0.2, 0) is 9.53 Å². The first-order valence-electron chi connectivity index (χ1n) is 4.47. The summed E-state index contributed by atoms with van der Waals surface area (Å²) in [4.78, 5) is 10.7. The molecule has 1 aliphatic carbocycles. The zero-order valence-electron chi connectivity index (χ0n) is 8.28. The zero-order valence-corrected chi connectivity index (χ0v) is 8.28. The zero-order chi connectivity index (χ0) is 10.1. The van der Waals surface area contributed by atoms with Gasteiger partial charge in [-0.2, -0.15) is 0 Å². The van der Waals surface area contributed by atoms with E-state index in [0.29, 0.717) is 6.61 Å². The van der Waals surface area contributed by atoms with Gasteiger partial charge >= 0.3 is 5.97 Å². The number of hydrogen-bond donors (Lipinski definition) is 1. The Morgan fingerprint density at radius 2 is 2.23 bits per heavy atom. The highest BCUT2D eigenvalue weighted by Crippen LogP contribution is 2.54. The summed E-state index contributed by atoms with van der Waals surface area (Å²) in [6.45, 7) is 6.27. The molecule has 74 valence electrons. The van der Waals surface area contributed by atoms with E-state index < -0.39 is 5.97 Å². The molecule has 1 fully saturated rings. The first-order chi connectivity index (χ1) is 6.01. The third-order valence-corrected chi connectivity index (χ3v) is 2.60. The molecule has 0 radical (unpaired) electrons. The van der Waals surface area contributed by atoms with Crippen LogP contribution in [0.1, 0.15) is 20.8 Å². The van der Waals surface area contributed by atoms with E-state index >= 15 is 0 Å². The third-order valence-electron chi connectivity index (χ3n) is 2.60. The Hall–Kier alpha value is -0.830. The fourth-order valence-electron chi connectivity index (χ4n) is 1.61. The van der Waals surface area contributed by atoms with Crippen LogP contribution in [0.15, 0.2) is 12.2 Å². The van der Waals surface area contributed by atoms with Gasteiger partial charge in [0.25, 0.3) is 0 Å². The third kappa shape index (κ3) is 1.91. The molecule has 0 amide bonds. The van der Waals surface area contributed by atoms with Crippen molar-refractivity contribution >= 4 is 5.97 Å². The Morgan fingerprint density at radius 1 is 1.62 bits per heavy atom. The van der Waals surface area contributed by atoms with Crippen LogP contribution in [0.25, 0.3) is 0 Å². The van der Waals surface area contributed by atoms with Gasteiger partial charge in [0.05, 0.1) is 18.6 Å². The standard InChI is InChI=1S/C10H16O3/c1-4-5-6-13-8-7(9(11)12)10(8,2)3/h4-5,7-8H,6H2,1-3H3,(H,11,12). The van der Waals surface area contributed by atoms with Crippen LogP contribution in [-0.4, -0.2) is 23.8 Å². The molecule has 1 saturated carbocycles. The van der Waals surface area contributed by atoms with Crippen LogP contribution in [0.4, 0.5) is 0 Å². The van der Waals surface area contributed by atoms with Gasteiger partial charge in [-0.15, -0.1) is 0 Å². The van der Waals surface area contributed by atoms with Crippen molar-refractivity contribution in [2.24, 2.45) is 11.3 Å². The van der Waals surface area contributed by atoms with E-state index in [-0.39, 0.29) is 17.4 Å². The van der Waals surface area contributed by atoms with Gasteiger partial charge in [-0.1, -0.05) is 26.0 Å². The first-order valence-corrected chi connectivity index (χ1v) is 4.47. The second-order valence-electron chi connectivity index (χ2n) is 3.96. The highest BCUT2D eigenvalue weighted by molar-refractivity contribution is 5.76. The van der Waals surface area contributed by atoms with Crippen LogP contribution in [0.3, 0.4) is 0 Å². The Balaban J connectivity index is 2.41. The summed E-state index contributed by atoms with van der Waals surface area (Å²) in [6, 6.07) is 0. The lowest BCUT2D eigenvalue weighted by molar-refractivity contribution is -0.140. The number of aliphatic carboxylic acids is 1. The van der Waals surface area contributed by atoms with Crippen molar-refractivity contribution in [3.8, 4) is 0 Å². The molecule has 3 nitrogen and oxygen atoms in total. The molecule has 2 unspecified atom stereocenters. The topological polar surface area (TPSA) is 46.5 Å². The van der Waals surface area contributed by atoms with Crippen molar-refractivity contribution < 1.29 is 14.6 Å². The maximum Gasteiger partial charge on any atom is 0.309 e. The molecule has 0 saturated heterocycles. The van der Waals surface area contributed by atoms with Gasteiger partial charge in [0, 0.05) is 5.41 Å². The largest absolute Gasteiger partial charge is 0.481 e. The summed E-state index contributed by atoms with van der Waals surface area (Å²) >= 11 is 0. The van der Waals surface area contributed by atoms with Gasteiger partial charge in [-0.3, -0.25) is 4.79 Å². The minimum atomic E-state index is -0.754. The Bertz CT molecular complexity index is 230. The lowest BCUT2D eigenvalue weighted by Gasteiger charge is -2.00. The maximum absolute atomic E-state index is 10.7. The fourth-order valence-corrected chi connectivity index (χ4v) is 1.61. The maximum atomic E-state index is 10.7. The van der Waals surface area contributed by atoms with E-state index in [1.807, 2.05) is 32.9 Å². The van der Waals surface area contributed by atoms with Crippen molar-refractivity contribution in [3.63, 3.8) is 0 Å². The average Bonchev–Trinajstić information content (AvgIpc) is 2.54. The predicted octanol–water partition coefficient (Wildman–Crippen LogP) is 1.69. The summed E-state index contributed by atoms with van der Waals surface area (Å²) in [7, 11) is 0. The number of carboxylic acid groups (broad SMARTS) is 1. The van der Waals surface area contributed by atoms with E-state index in [4.69, 9.17) is 9.84 Å². The number of rotatable bonds is 4. The van der Waals surface area contributed by atoms with Crippen molar-refractivity contribution in [1.82, 2.24) is 0 Å². The highest BCUT2D eigenvalue weighted by atomic mass is 16.5. The summed E-state index contributed by atoms with van der Waals surface area (Å²) in [5.41, 5.74) is -0.201. The van der Waals surface area contributed by atoms with Crippen molar-refractivity contribution in [3.05, 3.63) is 12.2 Å². The SMILES string of the molecule is CC=CCOC1C(C(=O)O)C1(C)C. The van der Waals surface area contributed by atoms with Crippen LogP contribution in [0, 0.1) is 11.3 Å². The monoisotopic (exact) mass is 184 g/mol. The average molecular weight is 184 g/mol. The van der Waals surface area contributed by atoms with Crippen molar-refractivity contribution in [2.75, 3.05) is 6.61 Å². The molecule has 0 bridgehead atoms. The molecule has 0 aromatic carbocycles. The molecule has 13 heavy (non-hydrogen) atoms. The van der Waals surface area contributed by atoms with Crippen molar-refractivity contribution in [2.45, 2.75) is 26.9 Å². The molecule has 0 spiro atoms. The Morgan fingerprint density at radius 3 is 2.62 bits per heavy atom. The number of carbonyl (C=O) groups is 1. The number of hydrogen-bond acceptors (Lipinski definition) is 2. The molecule has 0 heterocycles. The van der Waals surface area contributed by atoms with Crippen LogP contribution >= 0.6 is 0 Å². The van der Waals surface area contributed by atoms with E-state index in [2.05, 4.69) is 0 Å². The van der Waals surface area contributed by atoms with E-state index in [9.17, 15) is 4.79 Å². The molecule has 2 atom stereocenters. The first kappa shape index (κ1) is 10.3. The van der Waals surface area contributed by atoms with E-state index in [0.717, 1.165) is 0 Å². The molecular weight excluding hydrogens is 168 g/mol. The van der Waals surface area contributed by atoms with Gasteiger partial charge in [0.2, 0.25) is 0 Å². The summed E-state index contributed by atoms with van der Waals surface area (Å²) < 4.78 is 5.41. The van der Waals surface area contributed by atoms with Crippen LogP contribution < -0.4 is 0 Å². The molecule has 1 aliphatic rings. The minimum Gasteiger partial charge on any atom is -0.481 e. The Kier molecular flexibility index (Phi) is 2.76. The van der Waals surface area contributed by atoms with Gasteiger partial charge in [-0.25, -0.2) is 0 Å².